The van der Waals surface area contributed by atoms with Gasteiger partial charge in [-0.2, -0.15) is 0 Å². The van der Waals surface area contributed by atoms with E-state index in [1.807, 2.05) is 25.1 Å². The molecule has 6 nitrogen and oxygen atoms in total. The van der Waals surface area contributed by atoms with Crippen molar-refractivity contribution in [1.82, 2.24) is 0 Å². The fourth-order valence-corrected chi connectivity index (χ4v) is 1.97. The van der Waals surface area contributed by atoms with Crippen molar-refractivity contribution >= 4 is 63.2 Å². The Labute approximate surface area is 184 Å². The molecule has 0 saturated heterocycles. The summed E-state index contributed by atoms with van der Waals surface area (Å²) in [7, 11) is 0. The van der Waals surface area contributed by atoms with Gasteiger partial charge in [0.05, 0.1) is 0 Å². The lowest BCUT2D eigenvalue weighted by atomic mass is 10.1. The predicted octanol–water partition coefficient (Wildman–Crippen LogP) is 5.17. The van der Waals surface area contributed by atoms with Gasteiger partial charge in [0.25, 0.3) is 10.5 Å². The number of hydrogen-bond acceptors (Lipinski definition) is 4. The zero-order valence-electron chi connectivity index (χ0n) is 14.3. The van der Waals surface area contributed by atoms with Gasteiger partial charge in [-0.1, -0.05) is 72.4 Å². The summed E-state index contributed by atoms with van der Waals surface area (Å²) in [5.41, 5.74) is 10.9. The van der Waals surface area contributed by atoms with Crippen molar-refractivity contribution < 1.29 is 19.5 Å². The average Bonchev–Trinajstić information content (AvgIpc) is 2.54. The molecule has 5 N–H and O–H groups in total. The fraction of sp³-hybridized carbons (Fsp3) is 0.105. The van der Waals surface area contributed by atoms with Crippen LogP contribution in [0.5, 0.6) is 0 Å². The van der Waals surface area contributed by atoms with E-state index in [-0.39, 0.29) is 19.0 Å². The van der Waals surface area contributed by atoms with Crippen LogP contribution >= 0.6 is 41.2 Å². The van der Waals surface area contributed by atoms with Crippen LogP contribution in [0.3, 0.4) is 0 Å². The summed E-state index contributed by atoms with van der Waals surface area (Å²) >= 11 is 9.52. The number of halogens is 1. The lowest BCUT2D eigenvalue weighted by Gasteiger charge is -2.02. The van der Waals surface area contributed by atoms with Gasteiger partial charge < -0.3 is 16.6 Å². The third-order valence-electron chi connectivity index (χ3n) is 2.71. The third-order valence-corrected chi connectivity index (χ3v) is 3.24. The van der Waals surface area contributed by atoms with E-state index >= 15 is 0 Å². The van der Waals surface area contributed by atoms with E-state index in [2.05, 4.69) is 52.7 Å². The number of primary amides is 2. The maximum atomic E-state index is 12.0. The van der Waals surface area contributed by atoms with Gasteiger partial charge in [-0.05, 0) is 37.3 Å². The number of carbonyl (C=O) groups is 3. The minimum Gasteiger partial charge on any atom is -0.507 e. The van der Waals surface area contributed by atoms with Gasteiger partial charge in [-0.15, -0.1) is 0 Å². The van der Waals surface area contributed by atoms with E-state index < -0.39 is 10.5 Å². The van der Waals surface area contributed by atoms with Crippen LogP contribution in [-0.4, -0.2) is 21.4 Å². The molecule has 0 aliphatic heterocycles. The van der Waals surface area contributed by atoms with Gasteiger partial charge in [-0.3, -0.25) is 14.4 Å². The summed E-state index contributed by atoms with van der Waals surface area (Å²) in [6.07, 6.45) is 1.25. The number of benzene rings is 2. The number of aliphatic hydroxyl groups is 1. The van der Waals surface area contributed by atoms with Crippen LogP contribution in [0.15, 0.2) is 59.1 Å². The van der Waals surface area contributed by atoms with E-state index in [9.17, 15) is 9.90 Å². The maximum absolute atomic E-state index is 12.0. The molecule has 28 heavy (non-hydrogen) atoms. The standard InChI is InChI=1S/C16H13BrO2.2CH3NOS.CH4/c1-11-3-2-4-13(9-11)16(19)10-15(18)12-5-7-14(17)8-6-12;2*2-1(3)4;/h2-10,19H,1H3;2*(H3,2,3,4);1H4. The van der Waals surface area contributed by atoms with Crippen molar-refractivity contribution in [1.29, 1.82) is 0 Å². The number of ketones is 1. The van der Waals surface area contributed by atoms with Crippen LogP contribution in [0.1, 0.15) is 28.9 Å². The number of aryl methyl sites for hydroxylation is 1. The lowest BCUT2D eigenvalue weighted by molar-refractivity contribution is 0.104. The summed E-state index contributed by atoms with van der Waals surface area (Å²) in [5.74, 6) is -0.233. The molecular weight excluding hydrogens is 464 g/mol. The highest BCUT2D eigenvalue weighted by molar-refractivity contribution is 9.10. The third kappa shape index (κ3) is 13.9. The Balaban J connectivity index is 0. The number of rotatable bonds is 3. The second-order valence-electron chi connectivity index (χ2n) is 4.95. The fourth-order valence-electron chi connectivity index (χ4n) is 1.71. The van der Waals surface area contributed by atoms with Crippen molar-refractivity contribution in [2.45, 2.75) is 14.4 Å². The number of thiol groups is 2. The molecule has 2 aromatic carbocycles. The van der Waals surface area contributed by atoms with E-state index in [4.69, 9.17) is 9.59 Å². The van der Waals surface area contributed by atoms with Crippen molar-refractivity contribution in [2.24, 2.45) is 11.5 Å². The van der Waals surface area contributed by atoms with Crippen LogP contribution in [0.4, 0.5) is 9.59 Å². The predicted molar refractivity (Wildman–Crippen MR) is 124 cm³/mol. The number of carbonyl (C=O) groups excluding carboxylic acids is 3. The monoisotopic (exact) mass is 486 g/mol. The molecule has 0 aliphatic carbocycles. The number of amides is 2. The number of hydrogen-bond donors (Lipinski definition) is 5. The lowest BCUT2D eigenvalue weighted by Crippen LogP contribution is -1.96. The molecule has 0 bridgehead atoms. The molecule has 2 amide bonds. The molecule has 0 heterocycles. The van der Waals surface area contributed by atoms with Crippen molar-refractivity contribution in [2.75, 3.05) is 0 Å². The molecule has 0 aromatic heterocycles. The zero-order valence-corrected chi connectivity index (χ0v) is 17.7. The Morgan fingerprint density at radius 2 is 1.43 bits per heavy atom. The maximum Gasteiger partial charge on any atom is 0.273 e. The summed E-state index contributed by atoms with van der Waals surface area (Å²) in [5, 5.41) is 8.68. The Kier molecular flexibility index (Phi) is 14.8. The van der Waals surface area contributed by atoms with Crippen LogP contribution in [0.25, 0.3) is 5.76 Å². The van der Waals surface area contributed by atoms with Gasteiger partial charge in [0.15, 0.2) is 5.78 Å². The Bertz CT molecular complexity index is 805. The molecule has 0 unspecified atom stereocenters. The smallest absolute Gasteiger partial charge is 0.273 e. The normalized spacial score (nSPS) is 9.50. The molecule has 2 rings (SSSR count). The van der Waals surface area contributed by atoms with Crippen LogP contribution in [-0.2, 0) is 0 Å². The van der Waals surface area contributed by atoms with Crippen molar-refractivity contribution in [3.63, 3.8) is 0 Å². The highest BCUT2D eigenvalue weighted by atomic mass is 79.9. The molecular formula is C19H23BrN2O4S2. The molecule has 152 valence electrons. The second-order valence-corrected chi connectivity index (χ2v) is 6.74. The van der Waals surface area contributed by atoms with E-state index in [1.165, 1.54) is 6.08 Å². The van der Waals surface area contributed by atoms with Crippen LogP contribution < -0.4 is 11.5 Å². The Morgan fingerprint density at radius 1 is 0.964 bits per heavy atom. The highest BCUT2D eigenvalue weighted by Gasteiger charge is 2.06. The van der Waals surface area contributed by atoms with Gasteiger partial charge in [-0.25, -0.2) is 0 Å². The summed E-state index contributed by atoms with van der Waals surface area (Å²) in [6, 6.07) is 14.4. The number of nitrogens with two attached hydrogens (primary N) is 2. The van der Waals surface area contributed by atoms with E-state index in [0.29, 0.717) is 11.1 Å². The average molecular weight is 487 g/mol. The van der Waals surface area contributed by atoms with Gasteiger partial charge in [0, 0.05) is 21.7 Å². The first-order chi connectivity index (χ1) is 12.5. The van der Waals surface area contributed by atoms with Crippen LogP contribution in [0.2, 0.25) is 0 Å². The molecule has 0 spiro atoms. The number of allylic oxidation sites excluding steroid dienone is 1. The Morgan fingerprint density at radius 3 is 1.86 bits per heavy atom. The van der Waals surface area contributed by atoms with E-state index in [1.54, 1.807) is 30.3 Å². The van der Waals surface area contributed by atoms with Gasteiger partial charge >= 0.3 is 0 Å². The first kappa shape index (κ1) is 28.0. The summed E-state index contributed by atoms with van der Waals surface area (Å²) < 4.78 is 0.913. The Hall–Kier alpha value is -2.23. The molecule has 0 radical (unpaired) electrons. The molecule has 0 saturated carbocycles. The minimum absolute atomic E-state index is 0. The van der Waals surface area contributed by atoms with E-state index in [0.717, 1.165) is 10.0 Å². The second kappa shape index (κ2) is 14.8. The summed E-state index contributed by atoms with van der Waals surface area (Å²) in [6.45, 7) is 1.94. The van der Waals surface area contributed by atoms with Crippen molar-refractivity contribution in [3.8, 4) is 0 Å². The SMILES string of the molecule is C.Cc1cccc(C(O)=CC(=O)c2ccc(Br)cc2)c1.NC(=O)S.NC(=O)S. The van der Waals surface area contributed by atoms with Crippen LogP contribution in [0, 0.1) is 6.92 Å². The first-order valence-corrected chi connectivity index (χ1v) is 8.96. The molecule has 0 atom stereocenters. The quantitative estimate of drug-likeness (QED) is 0.177. The molecule has 0 fully saturated rings. The largest absolute Gasteiger partial charge is 0.507 e. The van der Waals surface area contributed by atoms with Gasteiger partial charge in [0.2, 0.25) is 0 Å². The van der Waals surface area contributed by atoms with Gasteiger partial charge in [0.1, 0.15) is 5.76 Å². The first-order valence-electron chi connectivity index (χ1n) is 7.27. The molecule has 0 aliphatic rings. The zero-order chi connectivity index (χ0) is 21.0. The summed E-state index contributed by atoms with van der Waals surface area (Å²) in [4.78, 5) is 30.1. The van der Waals surface area contributed by atoms with Crippen molar-refractivity contribution in [3.05, 3.63) is 75.8 Å². The topological polar surface area (TPSA) is 123 Å². The highest BCUT2D eigenvalue weighted by Crippen LogP contribution is 2.16. The minimum atomic E-state index is -0.639. The molecule has 9 heteroatoms. The molecule has 2 aromatic rings. The number of aliphatic hydroxyl groups excluding tert-OH is 1.